The van der Waals surface area contributed by atoms with Gasteiger partial charge in [0.15, 0.2) is 0 Å². The second-order valence-electron chi connectivity index (χ2n) is 4.31. The summed E-state index contributed by atoms with van der Waals surface area (Å²) in [6, 6.07) is 6.50. The Morgan fingerprint density at radius 3 is 2.53 bits per heavy atom. The monoisotopic (exact) mass is 279 g/mol. The molecular weight excluding hydrogens is 262 g/mol. The van der Waals surface area contributed by atoms with Crippen LogP contribution >= 0.6 is 0 Å². The number of imidazole rings is 1. The summed E-state index contributed by atoms with van der Waals surface area (Å²) in [5.41, 5.74) is 1.11. The molecule has 2 N–H and O–H groups in total. The van der Waals surface area contributed by atoms with Crippen molar-refractivity contribution in [3.63, 3.8) is 0 Å². The topological polar surface area (TPSA) is 74.8 Å². The average molecular weight is 279 g/mol. The molecule has 0 bridgehead atoms. The number of hydrogen-bond acceptors (Lipinski definition) is 3. The molecule has 0 spiro atoms. The van der Waals surface area contributed by atoms with E-state index in [1.165, 1.54) is 0 Å². The van der Waals surface area contributed by atoms with Gasteiger partial charge in [-0.2, -0.15) is 0 Å². The van der Waals surface area contributed by atoms with E-state index in [0.717, 1.165) is 12.0 Å². The Hall–Kier alpha value is -1.66. The van der Waals surface area contributed by atoms with Gasteiger partial charge in [-0.3, -0.25) is 0 Å². The predicted molar refractivity (Wildman–Crippen MR) is 73.1 cm³/mol. The number of nitrogens with zero attached hydrogens (tertiary/aromatic N) is 1. The predicted octanol–water partition coefficient (Wildman–Crippen LogP) is 2.01. The van der Waals surface area contributed by atoms with Gasteiger partial charge < -0.3 is 4.98 Å². The molecule has 0 aliphatic rings. The van der Waals surface area contributed by atoms with Crippen LogP contribution in [0.25, 0.3) is 0 Å². The quantitative estimate of drug-likeness (QED) is 0.879. The summed E-state index contributed by atoms with van der Waals surface area (Å²) in [5.74, 6) is 0.591. The van der Waals surface area contributed by atoms with Gasteiger partial charge in [0.2, 0.25) is 10.0 Å². The van der Waals surface area contributed by atoms with Crippen molar-refractivity contribution >= 4 is 10.0 Å². The van der Waals surface area contributed by atoms with Crippen LogP contribution in [-0.2, 0) is 16.4 Å². The Balaban J connectivity index is 2.17. The molecule has 0 amide bonds. The van der Waals surface area contributed by atoms with Gasteiger partial charge in [0.05, 0.1) is 10.9 Å². The van der Waals surface area contributed by atoms with Crippen molar-refractivity contribution in [2.75, 3.05) is 0 Å². The first-order chi connectivity index (χ1) is 9.03. The molecule has 0 saturated carbocycles. The van der Waals surface area contributed by atoms with Crippen LogP contribution in [0.15, 0.2) is 41.6 Å². The summed E-state index contributed by atoms with van der Waals surface area (Å²) < 4.78 is 27.0. The van der Waals surface area contributed by atoms with Crippen LogP contribution in [0, 0.1) is 0 Å². The molecule has 6 heteroatoms. The SMILES string of the molecule is CCc1ccc(S(=O)(=O)NC(C)c2ncc[nH]2)cc1. The maximum absolute atomic E-state index is 12.2. The Kier molecular flexibility index (Phi) is 4.01. The van der Waals surface area contributed by atoms with E-state index in [2.05, 4.69) is 14.7 Å². The average Bonchev–Trinajstić information content (AvgIpc) is 2.92. The highest BCUT2D eigenvalue weighted by Gasteiger charge is 2.19. The molecule has 2 rings (SSSR count). The number of aromatic nitrogens is 2. The lowest BCUT2D eigenvalue weighted by molar-refractivity contribution is 0.561. The van der Waals surface area contributed by atoms with E-state index >= 15 is 0 Å². The first kappa shape index (κ1) is 13.8. The van der Waals surface area contributed by atoms with E-state index in [9.17, 15) is 8.42 Å². The number of benzene rings is 1. The highest BCUT2D eigenvalue weighted by Crippen LogP contribution is 2.15. The highest BCUT2D eigenvalue weighted by molar-refractivity contribution is 7.89. The van der Waals surface area contributed by atoms with Gasteiger partial charge in [-0.1, -0.05) is 19.1 Å². The maximum atomic E-state index is 12.2. The fourth-order valence-electron chi connectivity index (χ4n) is 1.78. The zero-order chi connectivity index (χ0) is 13.9. The molecule has 0 aliphatic heterocycles. The first-order valence-electron chi connectivity index (χ1n) is 6.13. The van der Waals surface area contributed by atoms with Gasteiger partial charge in [0.1, 0.15) is 5.82 Å². The van der Waals surface area contributed by atoms with Crippen LogP contribution in [0.4, 0.5) is 0 Å². The van der Waals surface area contributed by atoms with E-state index < -0.39 is 16.1 Å². The number of hydrogen-bond donors (Lipinski definition) is 2. The number of rotatable bonds is 5. The third kappa shape index (κ3) is 3.21. The minimum absolute atomic E-state index is 0.267. The standard InChI is InChI=1S/C13H17N3O2S/c1-3-11-4-6-12(7-5-11)19(17,18)16-10(2)13-14-8-9-15-13/h4-10,16H,3H2,1-2H3,(H,14,15). The van der Waals surface area contributed by atoms with Crippen LogP contribution in [-0.4, -0.2) is 18.4 Å². The zero-order valence-electron chi connectivity index (χ0n) is 10.9. The van der Waals surface area contributed by atoms with E-state index in [1.54, 1.807) is 31.5 Å². The minimum Gasteiger partial charge on any atom is -0.347 e. The zero-order valence-corrected chi connectivity index (χ0v) is 11.7. The summed E-state index contributed by atoms with van der Waals surface area (Å²) in [4.78, 5) is 7.20. The van der Waals surface area contributed by atoms with Crippen molar-refractivity contribution in [2.45, 2.75) is 31.2 Å². The van der Waals surface area contributed by atoms with Gasteiger partial charge >= 0.3 is 0 Å². The molecule has 19 heavy (non-hydrogen) atoms. The van der Waals surface area contributed by atoms with E-state index in [0.29, 0.717) is 5.82 Å². The van der Waals surface area contributed by atoms with Crippen LogP contribution in [0.1, 0.15) is 31.3 Å². The third-order valence-electron chi connectivity index (χ3n) is 2.90. The van der Waals surface area contributed by atoms with Crippen molar-refractivity contribution < 1.29 is 8.42 Å². The molecule has 2 aromatic rings. The molecular formula is C13H17N3O2S. The fourth-order valence-corrected chi connectivity index (χ4v) is 2.98. The van der Waals surface area contributed by atoms with Gasteiger partial charge in [-0.15, -0.1) is 0 Å². The number of aryl methyl sites for hydroxylation is 1. The lowest BCUT2D eigenvalue weighted by atomic mass is 10.2. The van der Waals surface area contributed by atoms with Crippen LogP contribution in [0.3, 0.4) is 0 Å². The van der Waals surface area contributed by atoms with Crippen LogP contribution in [0.2, 0.25) is 0 Å². The van der Waals surface area contributed by atoms with Gasteiger partial charge in [-0.25, -0.2) is 18.1 Å². The van der Waals surface area contributed by atoms with Crippen LogP contribution < -0.4 is 4.72 Å². The minimum atomic E-state index is -3.52. The number of sulfonamides is 1. The maximum Gasteiger partial charge on any atom is 0.241 e. The summed E-state index contributed by atoms with van der Waals surface area (Å²) in [5, 5.41) is 0. The van der Waals surface area contributed by atoms with Crippen molar-refractivity contribution in [1.82, 2.24) is 14.7 Å². The van der Waals surface area contributed by atoms with Crippen molar-refractivity contribution in [1.29, 1.82) is 0 Å². The van der Waals surface area contributed by atoms with Gasteiger partial charge in [-0.05, 0) is 31.0 Å². The normalized spacial score (nSPS) is 13.4. The number of aromatic amines is 1. The van der Waals surface area contributed by atoms with E-state index in [4.69, 9.17) is 0 Å². The fraction of sp³-hybridized carbons (Fsp3) is 0.308. The molecule has 1 heterocycles. The Morgan fingerprint density at radius 1 is 1.32 bits per heavy atom. The Labute approximate surface area is 113 Å². The van der Waals surface area contributed by atoms with Gasteiger partial charge in [0.25, 0.3) is 0 Å². The Bertz CT molecular complexity index is 618. The second kappa shape index (κ2) is 5.54. The molecule has 1 unspecified atom stereocenters. The summed E-state index contributed by atoms with van der Waals surface area (Å²) in [7, 11) is -3.52. The molecule has 102 valence electrons. The van der Waals surface area contributed by atoms with Crippen molar-refractivity contribution in [3.8, 4) is 0 Å². The van der Waals surface area contributed by atoms with E-state index in [1.807, 2.05) is 19.1 Å². The Morgan fingerprint density at radius 2 is 2.00 bits per heavy atom. The summed E-state index contributed by atoms with van der Waals surface area (Å²) >= 11 is 0. The first-order valence-corrected chi connectivity index (χ1v) is 7.62. The molecule has 1 atom stereocenters. The largest absolute Gasteiger partial charge is 0.347 e. The smallest absolute Gasteiger partial charge is 0.241 e. The number of H-pyrrole nitrogens is 1. The molecule has 1 aromatic carbocycles. The van der Waals surface area contributed by atoms with E-state index in [-0.39, 0.29) is 4.90 Å². The number of nitrogens with one attached hydrogen (secondary N) is 2. The lowest BCUT2D eigenvalue weighted by Gasteiger charge is -2.12. The van der Waals surface area contributed by atoms with Crippen LogP contribution in [0.5, 0.6) is 0 Å². The molecule has 0 saturated heterocycles. The lowest BCUT2D eigenvalue weighted by Crippen LogP contribution is -2.27. The van der Waals surface area contributed by atoms with Crippen molar-refractivity contribution in [2.24, 2.45) is 0 Å². The molecule has 1 aromatic heterocycles. The second-order valence-corrected chi connectivity index (χ2v) is 6.03. The van der Waals surface area contributed by atoms with Crippen molar-refractivity contribution in [3.05, 3.63) is 48.0 Å². The molecule has 0 radical (unpaired) electrons. The van der Waals surface area contributed by atoms with Gasteiger partial charge in [0, 0.05) is 12.4 Å². The molecule has 0 fully saturated rings. The molecule has 5 nitrogen and oxygen atoms in total. The summed E-state index contributed by atoms with van der Waals surface area (Å²) in [6.07, 6.45) is 4.14. The summed E-state index contributed by atoms with van der Waals surface area (Å²) in [6.45, 7) is 3.78. The third-order valence-corrected chi connectivity index (χ3v) is 4.46. The molecule has 0 aliphatic carbocycles. The highest BCUT2D eigenvalue weighted by atomic mass is 32.2.